The molecule has 2 heteroatoms. The normalized spacial score (nSPS) is 11.2. The van der Waals surface area contributed by atoms with E-state index < -0.39 is 0 Å². The molecule has 0 aliphatic carbocycles. The monoisotopic (exact) mass is 529 g/mol. The number of nitrogens with zero attached hydrogens (tertiary/aromatic N) is 1. The topological polar surface area (TPSA) is 23.1 Å². The quantitative estimate of drug-likeness (QED) is 0.119. The molecule has 214 valence electrons. The zero-order valence-corrected chi connectivity index (χ0v) is 25.3. The summed E-state index contributed by atoms with van der Waals surface area (Å²) in [5.41, 5.74) is 3.21. The molecule has 0 radical (unpaired) electrons. The van der Waals surface area contributed by atoms with Gasteiger partial charge in [-0.3, -0.25) is 0 Å². The Balaban J connectivity index is 0.000000338. The third kappa shape index (κ3) is 15.6. The van der Waals surface area contributed by atoms with Gasteiger partial charge in [0.25, 0.3) is 0 Å². The van der Waals surface area contributed by atoms with Crippen molar-refractivity contribution in [3.8, 4) is 16.9 Å². The van der Waals surface area contributed by atoms with Gasteiger partial charge < -0.3 is 9.59 Å². The van der Waals surface area contributed by atoms with E-state index in [1.165, 1.54) is 102 Å². The lowest BCUT2D eigenvalue weighted by atomic mass is 10.0. The third-order valence-electron chi connectivity index (χ3n) is 7.54. The van der Waals surface area contributed by atoms with E-state index in [1.54, 1.807) is 12.1 Å². The lowest BCUT2D eigenvalue weighted by Crippen LogP contribution is -2.39. The first-order valence-corrected chi connectivity index (χ1v) is 15.7. The van der Waals surface area contributed by atoms with Gasteiger partial charge in [0.1, 0.15) is 6.54 Å². The zero-order chi connectivity index (χ0) is 28.0. The maximum atomic E-state index is 11.4. The van der Waals surface area contributed by atoms with Crippen molar-refractivity contribution < 1.29 is 9.59 Å². The van der Waals surface area contributed by atoms with Crippen molar-refractivity contribution in [1.82, 2.24) is 0 Å². The second kappa shape index (κ2) is 20.3. The van der Waals surface area contributed by atoms with Crippen molar-refractivity contribution in [3.63, 3.8) is 0 Å². The number of quaternary nitrogens is 1. The zero-order valence-electron chi connectivity index (χ0n) is 25.3. The summed E-state index contributed by atoms with van der Waals surface area (Å²) in [5, 5.41) is 11.4. The highest BCUT2D eigenvalue weighted by atomic mass is 16.3. The first-order valence-electron chi connectivity index (χ1n) is 15.7. The number of para-hydroxylation sites is 1. The van der Waals surface area contributed by atoms with Crippen LogP contribution < -0.4 is 5.11 Å². The predicted molar refractivity (Wildman–Crippen MR) is 169 cm³/mol. The molecule has 3 rings (SSSR count). The van der Waals surface area contributed by atoms with Crippen molar-refractivity contribution in [1.29, 1.82) is 0 Å². The minimum absolute atomic E-state index is 0.0775. The third-order valence-corrected chi connectivity index (χ3v) is 7.54. The van der Waals surface area contributed by atoms with Crippen LogP contribution in [0.1, 0.15) is 102 Å². The molecule has 3 aromatic carbocycles. The highest BCUT2D eigenvalue weighted by Gasteiger charge is 2.14. The molecule has 0 bridgehead atoms. The Labute approximate surface area is 240 Å². The molecule has 0 aliphatic rings. The number of benzene rings is 3. The van der Waals surface area contributed by atoms with E-state index in [-0.39, 0.29) is 5.75 Å². The van der Waals surface area contributed by atoms with E-state index in [1.807, 2.05) is 42.5 Å². The number of hydrogen-bond donors (Lipinski definition) is 0. The van der Waals surface area contributed by atoms with Gasteiger partial charge in [0, 0.05) is 5.56 Å². The highest BCUT2D eigenvalue weighted by molar-refractivity contribution is 5.69. The van der Waals surface area contributed by atoms with Gasteiger partial charge in [0.15, 0.2) is 0 Å². The predicted octanol–water partition coefficient (Wildman–Crippen LogP) is 10.2. The first kappa shape index (κ1) is 32.6. The summed E-state index contributed by atoms with van der Waals surface area (Å²) in [4.78, 5) is 0. The minimum Gasteiger partial charge on any atom is -0.872 e. The van der Waals surface area contributed by atoms with Crippen LogP contribution >= 0.6 is 0 Å². The summed E-state index contributed by atoms with van der Waals surface area (Å²) >= 11 is 0. The molecule has 0 fully saturated rings. The van der Waals surface area contributed by atoms with Crippen molar-refractivity contribution in [2.75, 3.05) is 20.6 Å². The van der Waals surface area contributed by atoms with Crippen LogP contribution in [0.25, 0.3) is 11.1 Å². The molecule has 0 heterocycles. The lowest BCUT2D eigenvalue weighted by molar-refractivity contribution is -0.903. The number of hydrogen-bond acceptors (Lipinski definition) is 1. The number of unbranched alkanes of at least 4 members (excludes halogenated alkanes) is 13. The van der Waals surface area contributed by atoms with Crippen LogP contribution in [-0.2, 0) is 6.54 Å². The molecule has 0 saturated carbocycles. The molecular weight excluding hydrogens is 474 g/mol. The average Bonchev–Trinajstić information content (AvgIpc) is 2.94. The van der Waals surface area contributed by atoms with E-state index in [0.717, 1.165) is 22.2 Å². The van der Waals surface area contributed by atoms with Crippen LogP contribution in [0.15, 0.2) is 84.9 Å². The van der Waals surface area contributed by atoms with Crippen LogP contribution in [0.2, 0.25) is 0 Å². The molecule has 0 atom stereocenters. The summed E-state index contributed by atoms with van der Waals surface area (Å²) in [6.07, 6.45) is 20.2. The summed E-state index contributed by atoms with van der Waals surface area (Å²) in [6, 6.07) is 27.7. The van der Waals surface area contributed by atoms with Gasteiger partial charge in [-0.2, -0.15) is 0 Å². The number of rotatable bonds is 18. The Kier molecular flexibility index (Phi) is 17.0. The second-order valence-corrected chi connectivity index (χ2v) is 11.8. The molecule has 39 heavy (non-hydrogen) atoms. The van der Waals surface area contributed by atoms with Crippen molar-refractivity contribution in [2.24, 2.45) is 0 Å². The van der Waals surface area contributed by atoms with E-state index >= 15 is 0 Å². The molecule has 2 nitrogen and oxygen atoms in total. The molecule has 0 aromatic heterocycles. The van der Waals surface area contributed by atoms with Crippen LogP contribution in [0.5, 0.6) is 5.75 Å². The van der Waals surface area contributed by atoms with Crippen molar-refractivity contribution in [3.05, 3.63) is 90.5 Å². The minimum atomic E-state index is 0.0775. The molecule has 0 spiro atoms. The van der Waals surface area contributed by atoms with E-state index in [2.05, 4.69) is 51.4 Å². The fraction of sp³-hybridized carbons (Fsp3) is 0.514. The lowest BCUT2D eigenvalue weighted by Gasteiger charge is -2.30. The fourth-order valence-corrected chi connectivity index (χ4v) is 5.21. The van der Waals surface area contributed by atoms with Gasteiger partial charge in [-0.15, -0.1) is 5.75 Å². The van der Waals surface area contributed by atoms with Crippen LogP contribution in [0.4, 0.5) is 0 Å². The summed E-state index contributed by atoms with van der Waals surface area (Å²) < 4.78 is 1.11. The Morgan fingerprint density at radius 2 is 0.949 bits per heavy atom. The van der Waals surface area contributed by atoms with Gasteiger partial charge in [-0.05, 0) is 24.0 Å². The standard InChI is InChI=1S/C25H46N.C12H10O/c1-4-5-6-7-8-9-10-11-12-13-14-15-16-20-23-26(2,3)24-25-21-18-17-19-22-25;13-12-9-5-4-8-11(12)10-6-2-1-3-7-10/h17-19,21-22H,4-16,20,23-24H2,1-3H3;1-9,13H/q+1;/p-1. The maximum Gasteiger partial charge on any atom is 0.104 e. The largest absolute Gasteiger partial charge is 0.872 e. The highest BCUT2D eigenvalue weighted by Crippen LogP contribution is 2.25. The van der Waals surface area contributed by atoms with Crippen molar-refractivity contribution in [2.45, 2.75) is 103 Å². The maximum absolute atomic E-state index is 11.4. The summed E-state index contributed by atoms with van der Waals surface area (Å²) in [7, 11) is 4.74. The molecule has 0 saturated heterocycles. The molecule has 0 unspecified atom stereocenters. The second-order valence-electron chi connectivity index (χ2n) is 11.8. The fourth-order valence-electron chi connectivity index (χ4n) is 5.21. The van der Waals surface area contributed by atoms with Crippen LogP contribution in [-0.4, -0.2) is 25.1 Å². The van der Waals surface area contributed by atoms with Gasteiger partial charge in [0.2, 0.25) is 0 Å². The smallest absolute Gasteiger partial charge is 0.104 e. The van der Waals surface area contributed by atoms with E-state index in [9.17, 15) is 5.11 Å². The Morgan fingerprint density at radius 1 is 0.513 bits per heavy atom. The van der Waals surface area contributed by atoms with Crippen LogP contribution in [0.3, 0.4) is 0 Å². The van der Waals surface area contributed by atoms with Gasteiger partial charge in [-0.1, -0.05) is 169 Å². The SMILES string of the molecule is CCCCCCCCCCCCCCCC[N+](C)(C)Cc1ccccc1.[O-]c1ccccc1-c1ccccc1. The van der Waals surface area contributed by atoms with Gasteiger partial charge in [0.05, 0.1) is 20.6 Å². The average molecular weight is 530 g/mol. The summed E-state index contributed by atoms with van der Waals surface area (Å²) in [6.45, 7) is 4.75. The van der Waals surface area contributed by atoms with E-state index in [0.29, 0.717) is 0 Å². The summed E-state index contributed by atoms with van der Waals surface area (Å²) in [5.74, 6) is 0.0775. The van der Waals surface area contributed by atoms with Crippen molar-refractivity contribution >= 4 is 0 Å². The Morgan fingerprint density at radius 3 is 1.46 bits per heavy atom. The molecule has 0 N–H and O–H groups in total. The first-order chi connectivity index (χ1) is 19.0. The van der Waals surface area contributed by atoms with E-state index in [4.69, 9.17) is 0 Å². The Hall–Kier alpha value is -2.58. The molecule has 3 aromatic rings. The van der Waals surface area contributed by atoms with Crippen LogP contribution in [0, 0.1) is 0 Å². The Bertz CT molecular complexity index is 967. The van der Waals surface area contributed by atoms with Gasteiger partial charge in [-0.25, -0.2) is 0 Å². The molecule has 0 amide bonds. The molecular formula is C37H55NO. The molecule has 0 aliphatic heterocycles. The van der Waals surface area contributed by atoms with Gasteiger partial charge >= 0.3 is 0 Å².